The molecule has 2 aromatic carbocycles. The summed E-state index contributed by atoms with van der Waals surface area (Å²) in [6.07, 6.45) is 3.44. The predicted octanol–water partition coefficient (Wildman–Crippen LogP) is 4.68. The summed E-state index contributed by atoms with van der Waals surface area (Å²) in [5, 5.41) is 3.00. The Kier molecular flexibility index (Phi) is 5.76. The van der Waals surface area contributed by atoms with Crippen LogP contribution in [0.2, 0.25) is 0 Å². The van der Waals surface area contributed by atoms with Gasteiger partial charge in [-0.05, 0) is 55.3 Å². The Hall–Kier alpha value is -1.87. The van der Waals surface area contributed by atoms with Gasteiger partial charge in [0, 0.05) is 6.54 Å². The molecule has 2 rings (SSSR count). The summed E-state index contributed by atoms with van der Waals surface area (Å²) in [5.41, 5.74) is 2.19. The molecular weight excluding hydrogens is 265 g/mol. The fourth-order valence-corrected chi connectivity index (χ4v) is 2.17. The topological polar surface area (TPSA) is 21.3 Å². The molecule has 0 saturated heterocycles. The van der Waals surface area contributed by atoms with Crippen molar-refractivity contribution < 1.29 is 9.13 Å². The molecule has 0 fully saturated rings. The number of aryl methyl sites for hydroxylation is 1. The fourth-order valence-electron chi connectivity index (χ4n) is 2.17. The zero-order valence-electron chi connectivity index (χ0n) is 12.7. The maximum absolute atomic E-state index is 14.0. The van der Waals surface area contributed by atoms with E-state index >= 15 is 0 Å². The summed E-state index contributed by atoms with van der Waals surface area (Å²) in [6, 6.07) is 12.9. The number of hydrogen-bond donors (Lipinski definition) is 1. The normalized spacial score (nSPS) is 10.6. The second-order valence-electron chi connectivity index (χ2n) is 5.14. The van der Waals surface area contributed by atoms with Crippen LogP contribution >= 0.6 is 0 Å². The third kappa shape index (κ3) is 4.57. The van der Waals surface area contributed by atoms with Crippen LogP contribution < -0.4 is 10.1 Å². The lowest BCUT2D eigenvalue weighted by Gasteiger charge is -2.09. The number of nitrogens with one attached hydrogen (secondary N) is 1. The Balaban J connectivity index is 2.04. The molecule has 0 unspecified atom stereocenters. The van der Waals surface area contributed by atoms with Gasteiger partial charge in [0.05, 0.1) is 0 Å². The Morgan fingerprint density at radius 3 is 2.38 bits per heavy atom. The Labute approximate surface area is 126 Å². The van der Waals surface area contributed by atoms with Gasteiger partial charge in [-0.15, -0.1) is 0 Å². The van der Waals surface area contributed by atoms with Crippen molar-refractivity contribution in [2.45, 2.75) is 32.7 Å². The summed E-state index contributed by atoms with van der Waals surface area (Å²) in [4.78, 5) is 0. The van der Waals surface area contributed by atoms with Gasteiger partial charge in [-0.25, -0.2) is 4.39 Å². The third-order valence-corrected chi connectivity index (χ3v) is 3.35. The first-order chi connectivity index (χ1) is 10.2. The maximum Gasteiger partial charge on any atom is 0.166 e. The van der Waals surface area contributed by atoms with E-state index in [1.165, 1.54) is 24.5 Å². The zero-order chi connectivity index (χ0) is 15.1. The highest BCUT2D eigenvalue weighted by atomic mass is 19.1. The predicted molar refractivity (Wildman–Crippen MR) is 84.3 cm³/mol. The first kappa shape index (κ1) is 15.5. The number of unbranched alkanes of at least 4 members (excludes halogenated alkanes) is 1. The molecule has 0 aliphatic carbocycles. The van der Waals surface area contributed by atoms with E-state index in [2.05, 4.69) is 12.2 Å². The van der Waals surface area contributed by atoms with Gasteiger partial charge in [0.25, 0.3) is 0 Å². The molecule has 0 atom stereocenters. The minimum atomic E-state index is -0.335. The molecule has 2 aromatic rings. The van der Waals surface area contributed by atoms with Crippen LogP contribution in [0.15, 0.2) is 42.5 Å². The summed E-state index contributed by atoms with van der Waals surface area (Å²) in [7, 11) is 1.84. The molecule has 0 aliphatic heterocycles. The van der Waals surface area contributed by atoms with Crippen LogP contribution in [0.4, 0.5) is 4.39 Å². The van der Waals surface area contributed by atoms with Crippen LogP contribution in [-0.2, 0) is 13.0 Å². The highest BCUT2D eigenvalue weighted by Crippen LogP contribution is 2.25. The van der Waals surface area contributed by atoms with E-state index in [1.807, 2.05) is 37.4 Å². The number of benzene rings is 2. The molecule has 0 amide bonds. The Bertz CT molecular complexity index is 566. The largest absolute Gasteiger partial charge is 0.454 e. The van der Waals surface area contributed by atoms with Crippen molar-refractivity contribution in [2.75, 3.05) is 7.05 Å². The Morgan fingerprint density at radius 2 is 1.76 bits per heavy atom. The van der Waals surface area contributed by atoms with Crippen LogP contribution in [0.3, 0.4) is 0 Å². The highest BCUT2D eigenvalue weighted by molar-refractivity contribution is 5.35. The number of rotatable bonds is 7. The quantitative estimate of drug-likeness (QED) is 0.798. The fraction of sp³-hybridized carbons (Fsp3) is 0.333. The molecule has 0 spiro atoms. The average molecular weight is 287 g/mol. The number of hydrogen-bond acceptors (Lipinski definition) is 2. The van der Waals surface area contributed by atoms with E-state index in [9.17, 15) is 4.39 Å². The van der Waals surface area contributed by atoms with E-state index in [1.54, 1.807) is 6.07 Å². The minimum Gasteiger partial charge on any atom is -0.454 e. The molecule has 2 nitrogen and oxygen atoms in total. The number of ether oxygens (including phenoxy) is 1. The van der Waals surface area contributed by atoms with Crippen LogP contribution in [-0.4, -0.2) is 7.05 Å². The molecule has 0 saturated carbocycles. The van der Waals surface area contributed by atoms with Crippen molar-refractivity contribution in [2.24, 2.45) is 0 Å². The molecule has 0 radical (unpaired) electrons. The second-order valence-corrected chi connectivity index (χ2v) is 5.14. The Morgan fingerprint density at radius 1 is 1.05 bits per heavy atom. The first-order valence-corrected chi connectivity index (χ1v) is 7.42. The van der Waals surface area contributed by atoms with E-state index in [0.717, 1.165) is 12.0 Å². The maximum atomic E-state index is 14.0. The average Bonchev–Trinajstić information content (AvgIpc) is 2.49. The summed E-state index contributed by atoms with van der Waals surface area (Å²) in [6.45, 7) is 2.82. The van der Waals surface area contributed by atoms with Crippen LogP contribution in [0.5, 0.6) is 11.5 Å². The summed E-state index contributed by atoms with van der Waals surface area (Å²) in [5.74, 6) is 0.587. The van der Waals surface area contributed by atoms with Crippen LogP contribution in [0, 0.1) is 5.82 Å². The van der Waals surface area contributed by atoms with Crippen molar-refractivity contribution in [3.63, 3.8) is 0 Å². The molecule has 0 heterocycles. The molecule has 0 aliphatic rings. The van der Waals surface area contributed by atoms with E-state index in [-0.39, 0.29) is 11.6 Å². The van der Waals surface area contributed by atoms with Gasteiger partial charge >= 0.3 is 0 Å². The van der Waals surface area contributed by atoms with Gasteiger partial charge in [-0.2, -0.15) is 0 Å². The molecule has 3 heteroatoms. The molecular formula is C18H22FNO. The molecule has 112 valence electrons. The standard InChI is InChI=1S/C18H22FNO/c1-3-4-5-14-6-9-16(10-7-14)21-18-11-8-15(13-20-2)12-17(18)19/h6-12,20H,3-5,13H2,1-2H3. The van der Waals surface area contributed by atoms with E-state index in [4.69, 9.17) is 4.74 Å². The van der Waals surface area contributed by atoms with Crippen molar-refractivity contribution >= 4 is 0 Å². The van der Waals surface area contributed by atoms with Crippen LogP contribution in [0.1, 0.15) is 30.9 Å². The monoisotopic (exact) mass is 287 g/mol. The molecule has 21 heavy (non-hydrogen) atoms. The van der Waals surface area contributed by atoms with Crippen LogP contribution in [0.25, 0.3) is 0 Å². The lowest BCUT2D eigenvalue weighted by Crippen LogP contribution is -2.05. The van der Waals surface area contributed by atoms with Crippen molar-refractivity contribution in [1.82, 2.24) is 5.32 Å². The van der Waals surface area contributed by atoms with Gasteiger partial charge < -0.3 is 10.1 Å². The van der Waals surface area contributed by atoms with Gasteiger partial charge in [-0.3, -0.25) is 0 Å². The lowest BCUT2D eigenvalue weighted by atomic mass is 10.1. The van der Waals surface area contributed by atoms with Gasteiger partial charge in [0.2, 0.25) is 0 Å². The van der Waals surface area contributed by atoms with E-state index < -0.39 is 0 Å². The van der Waals surface area contributed by atoms with Gasteiger partial charge in [-0.1, -0.05) is 31.5 Å². The van der Waals surface area contributed by atoms with E-state index in [0.29, 0.717) is 12.3 Å². The second kappa shape index (κ2) is 7.79. The smallest absolute Gasteiger partial charge is 0.166 e. The SMILES string of the molecule is CCCCc1ccc(Oc2ccc(CNC)cc2F)cc1. The summed E-state index contributed by atoms with van der Waals surface area (Å²) >= 11 is 0. The molecule has 0 bridgehead atoms. The third-order valence-electron chi connectivity index (χ3n) is 3.35. The molecule has 0 aromatic heterocycles. The van der Waals surface area contributed by atoms with Crippen molar-refractivity contribution in [3.05, 3.63) is 59.4 Å². The van der Waals surface area contributed by atoms with Crippen molar-refractivity contribution in [1.29, 1.82) is 0 Å². The van der Waals surface area contributed by atoms with Gasteiger partial charge in [0.1, 0.15) is 5.75 Å². The zero-order valence-corrected chi connectivity index (χ0v) is 12.7. The minimum absolute atomic E-state index is 0.260. The van der Waals surface area contributed by atoms with Gasteiger partial charge in [0.15, 0.2) is 11.6 Å². The lowest BCUT2D eigenvalue weighted by molar-refractivity contribution is 0.441. The first-order valence-electron chi connectivity index (χ1n) is 7.42. The van der Waals surface area contributed by atoms with Crippen molar-refractivity contribution in [3.8, 4) is 11.5 Å². The summed E-state index contributed by atoms with van der Waals surface area (Å²) < 4.78 is 19.6. The number of halogens is 1. The highest BCUT2D eigenvalue weighted by Gasteiger charge is 2.06. The molecule has 1 N–H and O–H groups in total.